The van der Waals surface area contributed by atoms with E-state index in [0.29, 0.717) is 6.04 Å². The highest BCUT2D eigenvalue weighted by atomic mass is 15.3. The zero-order valence-corrected chi connectivity index (χ0v) is 11.8. The molecule has 3 heteroatoms. The van der Waals surface area contributed by atoms with Crippen LogP contribution in [-0.2, 0) is 6.42 Å². The highest BCUT2D eigenvalue weighted by Gasteiger charge is 2.26. The van der Waals surface area contributed by atoms with Crippen LogP contribution in [0.5, 0.6) is 0 Å². The molecular weight excluding hydrogens is 222 g/mol. The summed E-state index contributed by atoms with van der Waals surface area (Å²) in [5, 5.41) is 4.76. The maximum Gasteiger partial charge on any atom is 0.0627 e. The second-order valence-corrected chi connectivity index (χ2v) is 5.65. The van der Waals surface area contributed by atoms with Gasteiger partial charge in [-0.25, -0.2) is 0 Å². The highest BCUT2D eigenvalue weighted by Crippen LogP contribution is 2.33. The number of aromatic nitrogens is 2. The SMILES string of the molecule is CCC(CC)n1ccc(CC2CCCC2CN)n1. The molecule has 0 aromatic carbocycles. The number of rotatable bonds is 6. The summed E-state index contributed by atoms with van der Waals surface area (Å²) in [5.41, 5.74) is 7.11. The van der Waals surface area contributed by atoms with Gasteiger partial charge < -0.3 is 5.73 Å². The maximum absolute atomic E-state index is 5.85. The van der Waals surface area contributed by atoms with Gasteiger partial charge in [-0.15, -0.1) is 0 Å². The Labute approximate surface area is 111 Å². The molecule has 0 bridgehead atoms. The van der Waals surface area contributed by atoms with E-state index in [2.05, 4.69) is 30.8 Å². The average molecular weight is 249 g/mol. The second kappa shape index (κ2) is 6.37. The van der Waals surface area contributed by atoms with E-state index < -0.39 is 0 Å². The summed E-state index contributed by atoms with van der Waals surface area (Å²) in [7, 11) is 0. The van der Waals surface area contributed by atoms with Crippen LogP contribution in [0.4, 0.5) is 0 Å². The fraction of sp³-hybridized carbons (Fsp3) is 0.800. The standard InChI is InChI=1S/C15H27N3/c1-3-15(4-2)18-9-8-14(17-18)10-12-6-5-7-13(12)11-16/h8-9,12-13,15H,3-7,10-11,16H2,1-2H3. The Morgan fingerprint density at radius 2 is 2.06 bits per heavy atom. The quantitative estimate of drug-likeness (QED) is 0.841. The second-order valence-electron chi connectivity index (χ2n) is 5.65. The third-order valence-electron chi connectivity index (χ3n) is 4.57. The van der Waals surface area contributed by atoms with Crippen LogP contribution in [-0.4, -0.2) is 16.3 Å². The molecule has 2 rings (SSSR count). The predicted octanol–water partition coefficient (Wildman–Crippen LogP) is 3.16. The van der Waals surface area contributed by atoms with Crippen molar-refractivity contribution in [1.29, 1.82) is 0 Å². The predicted molar refractivity (Wildman–Crippen MR) is 75.4 cm³/mol. The van der Waals surface area contributed by atoms with Gasteiger partial charge in [0.25, 0.3) is 0 Å². The van der Waals surface area contributed by atoms with Crippen LogP contribution in [0.2, 0.25) is 0 Å². The Morgan fingerprint density at radius 3 is 2.72 bits per heavy atom. The van der Waals surface area contributed by atoms with Gasteiger partial charge in [0, 0.05) is 6.20 Å². The van der Waals surface area contributed by atoms with Gasteiger partial charge in [0.05, 0.1) is 11.7 Å². The van der Waals surface area contributed by atoms with Crippen molar-refractivity contribution in [3.8, 4) is 0 Å². The van der Waals surface area contributed by atoms with Crippen LogP contribution < -0.4 is 5.73 Å². The number of nitrogens with two attached hydrogens (primary N) is 1. The molecule has 0 radical (unpaired) electrons. The molecule has 1 aliphatic carbocycles. The van der Waals surface area contributed by atoms with Crippen molar-refractivity contribution in [2.75, 3.05) is 6.54 Å². The van der Waals surface area contributed by atoms with Gasteiger partial charge in [-0.3, -0.25) is 4.68 Å². The number of hydrogen-bond acceptors (Lipinski definition) is 2. The normalized spacial score (nSPS) is 24.0. The molecular formula is C15H27N3. The van der Waals surface area contributed by atoms with Crippen LogP contribution in [0.3, 0.4) is 0 Å². The van der Waals surface area contributed by atoms with E-state index in [0.717, 1.165) is 37.6 Å². The Morgan fingerprint density at radius 1 is 1.33 bits per heavy atom. The third-order valence-corrected chi connectivity index (χ3v) is 4.57. The van der Waals surface area contributed by atoms with Crippen LogP contribution in [0.15, 0.2) is 12.3 Å². The van der Waals surface area contributed by atoms with Gasteiger partial charge in [-0.1, -0.05) is 20.3 Å². The van der Waals surface area contributed by atoms with Gasteiger partial charge >= 0.3 is 0 Å². The van der Waals surface area contributed by atoms with E-state index >= 15 is 0 Å². The van der Waals surface area contributed by atoms with Crippen LogP contribution in [0.25, 0.3) is 0 Å². The van der Waals surface area contributed by atoms with Crippen molar-refractivity contribution in [1.82, 2.24) is 9.78 Å². The molecule has 18 heavy (non-hydrogen) atoms. The Kier molecular flexibility index (Phi) is 4.81. The molecule has 2 N–H and O–H groups in total. The molecule has 2 unspecified atom stereocenters. The molecule has 1 aliphatic rings. The van der Waals surface area contributed by atoms with E-state index in [1.807, 2.05) is 0 Å². The Hall–Kier alpha value is -0.830. The smallest absolute Gasteiger partial charge is 0.0627 e. The molecule has 0 spiro atoms. The summed E-state index contributed by atoms with van der Waals surface area (Å²) in [6.45, 7) is 5.31. The zero-order chi connectivity index (χ0) is 13.0. The van der Waals surface area contributed by atoms with E-state index in [1.165, 1.54) is 25.0 Å². The fourth-order valence-corrected chi connectivity index (χ4v) is 3.31. The lowest BCUT2D eigenvalue weighted by atomic mass is 9.92. The molecule has 1 aromatic rings. The first-order valence-corrected chi connectivity index (χ1v) is 7.52. The summed E-state index contributed by atoms with van der Waals surface area (Å²) >= 11 is 0. The average Bonchev–Trinajstić information content (AvgIpc) is 3.01. The molecule has 2 atom stereocenters. The van der Waals surface area contributed by atoms with E-state index in [1.54, 1.807) is 0 Å². The van der Waals surface area contributed by atoms with Crippen molar-refractivity contribution in [2.45, 2.75) is 58.4 Å². The molecule has 3 nitrogen and oxygen atoms in total. The van der Waals surface area contributed by atoms with Crippen molar-refractivity contribution in [2.24, 2.45) is 17.6 Å². The summed E-state index contributed by atoms with van der Waals surface area (Å²) in [6.07, 6.45) is 9.58. The lowest BCUT2D eigenvalue weighted by Crippen LogP contribution is -2.20. The van der Waals surface area contributed by atoms with Crippen molar-refractivity contribution in [3.05, 3.63) is 18.0 Å². The van der Waals surface area contributed by atoms with E-state index in [9.17, 15) is 0 Å². The van der Waals surface area contributed by atoms with Crippen molar-refractivity contribution in [3.63, 3.8) is 0 Å². The monoisotopic (exact) mass is 249 g/mol. The molecule has 0 saturated heterocycles. The topological polar surface area (TPSA) is 43.8 Å². The van der Waals surface area contributed by atoms with Crippen LogP contribution >= 0.6 is 0 Å². The third kappa shape index (κ3) is 2.94. The van der Waals surface area contributed by atoms with Gasteiger partial charge in [0.15, 0.2) is 0 Å². The van der Waals surface area contributed by atoms with Gasteiger partial charge in [0.1, 0.15) is 0 Å². The zero-order valence-electron chi connectivity index (χ0n) is 11.8. The van der Waals surface area contributed by atoms with Gasteiger partial charge in [-0.05, 0) is 56.6 Å². The molecule has 1 fully saturated rings. The minimum Gasteiger partial charge on any atom is -0.330 e. The first-order valence-electron chi connectivity index (χ1n) is 7.52. The largest absolute Gasteiger partial charge is 0.330 e. The minimum atomic E-state index is 0.563. The Bertz CT molecular complexity index is 354. The number of nitrogens with zero attached hydrogens (tertiary/aromatic N) is 2. The van der Waals surface area contributed by atoms with Gasteiger partial charge in [-0.2, -0.15) is 5.10 Å². The maximum atomic E-state index is 5.85. The van der Waals surface area contributed by atoms with Crippen LogP contribution in [0.1, 0.15) is 57.7 Å². The van der Waals surface area contributed by atoms with Crippen molar-refractivity contribution >= 4 is 0 Å². The molecule has 0 amide bonds. The molecule has 1 aromatic heterocycles. The molecule has 0 aliphatic heterocycles. The summed E-state index contributed by atoms with van der Waals surface area (Å²) in [6, 6.07) is 2.76. The lowest BCUT2D eigenvalue weighted by molar-refractivity contribution is 0.382. The first-order chi connectivity index (χ1) is 8.78. The minimum absolute atomic E-state index is 0.563. The van der Waals surface area contributed by atoms with E-state index in [4.69, 9.17) is 10.8 Å². The summed E-state index contributed by atoms with van der Waals surface area (Å²) < 4.78 is 2.15. The summed E-state index contributed by atoms with van der Waals surface area (Å²) in [5.74, 6) is 1.49. The molecule has 1 heterocycles. The molecule has 1 saturated carbocycles. The number of hydrogen-bond donors (Lipinski definition) is 1. The Balaban J connectivity index is 1.98. The lowest BCUT2D eigenvalue weighted by Gasteiger charge is -2.16. The van der Waals surface area contributed by atoms with Crippen LogP contribution in [0, 0.1) is 11.8 Å². The summed E-state index contributed by atoms with van der Waals surface area (Å²) in [4.78, 5) is 0. The van der Waals surface area contributed by atoms with E-state index in [-0.39, 0.29) is 0 Å². The molecule has 102 valence electrons. The van der Waals surface area contributed by atoms with Crippen molar-refractivity contribution < 1.29 is 0 Å². The van der Waals surface area contributed by atoms with Gasteiger partial charge in [0.2, 0.25) is 0 Å². The first kappa shape index (κ1) is 13.6. The highest BCUT2D eigenvalue weighted by molar-refractivity contribution is 5.02. The fourth-order valence-electron chi connectivity index (χ4n) is 3.31.